The molecule has 0 radical (unpaired) electrons. The second-order valence-electron chi connectivity index (χ2n) is 2.73. The Labute approximate surface area is 107 Å². The summed E-state index contributed by atoms with van der Waals surface area (Å²) in [5, 5.41) is 28.6. The highest BCUT2D eigenvalue weighted by Crippen LogP contribution is 2.19. The molecule has 0 fully saturated rings. The van der Waals surface area contributed by atoms with E-state index in [-0.39, 0.29) is 5.57 Å². The largest absolute Gasteiger partial charge is 0.359 e. The van der Waals surface area contributed by atoms with Crippen LogP contribution < -0.4 is 5.32 Å². The van der Waals surface area contributed by atoms with E-state index < -0.39 is 0 Å². The molecule has 76 valence electrons. The van der Waals surface area contributed by atoms with E-state index in [9.17, 15) is 0 Å². The van der Waals surface area contributed by atoms with Crippen LogP contribution in [-0.2, 0) is 0 Å². The molecule has 5 heteroatoms. The molecule has 0 unspecified atom stereocenters. The predicted molar refractivity (Wildman–Crippen MR) is 66.8 cm³/mol. The third kappa shape index (κ3) is 2.98. The standard InChI is InChI=1S/C11H5IN4/c12-10-3-8(4-13)1-2-11(10)16-7-9(5-14)6-15/h1-3,7,16H. The minimum atomic E-state index is 0.000148. The second kappa shape index (κ2) is 5.75. The van der Waals surface area contributed by atoms with Gasteiger partial charge in [0, 0.05) is 9.77 Å². The van der Waals surface area contributed by atoms with Crippen molar-refractivity contribution in [2.75, 3.05) is 5.32 Å². The third-order valence-corrected chi connectivity index (χ3v) is 2.60. The van der Waals surface area contributed by atoms with Crippen molar-refractivity contribution in [2.45, 2.75) is 0 Å². The van der Waals surface area contributed by atoms with Gasteiger partial charge in [0.25, 0.3) is 0 Å². The Balaban J connectivity index is 2.94. The highest BCUT2D eigenvalue weighted by molar-refractivity contribution is 14.1. The molecule has 0 amide bonds. The number of allylic oxidation sites excluding steroid dienone is 1. The number of nitrogens with zero attached hydrogens (tertiary/aromatic N) is 3. The molecule has 0 aliphatic rings. The van der Waals surface area contributed by atoms with Gasteiger partial charge in [0.2, 0.25) is 0 Å². The van der Waals surface area contributed by atoms with Crippen LogP contribution in [0, 0.1) is 37.6 Å². The molecule has 0 saturated carbocycles. The van der Waals surface area contributed by atoms with E-state index in [0.29, 0.717) is 5.56 Å². The van der Waals surface area contributed by atoms with E-state index in [1.165, 1.54) is 6.20 Å². The molecule has 0 aliphatic heterocycles. The summed E-state index contributed by atoms with van der Waals surface area (Å²) >= 11 is 2.07. The van der Waals surface area contributed by atoms with Gasteiger partial charge < -0.3 is 5.32 Å². The fourth-order valence-corrected chi connectivity index (χ4v) is 1.61. The molecular weight excluding hydrogens is 315 g/mol. The summed E-state index contributed by atoms with van der Waals surface area (Å²) in [5.41, 5.74) is 1.32. The molecule has 0 aromatic heterocycles. The van der Waals surface area contributed by atoms with Gasteiger partial charge in [-0.15, -0.1) is 0 Å². The van der Waals surface area contributed by atoms with Crippen LogP contribution in [-0.4, -0.2) is 0 Å². The van der Waals surface area contributed by atoms with Gasteiger partial charge in [0.05, 0.1) is 17.3 Å². The van der Waals surface area contributed by atoms with Gasteiger partial charge in [-0.05, 0) is 40.8 Å². The fraction of sp³-hybridized carbons (Fsp3) is 0. The van der Waals surface area contributed by atoms with Crippen molar-refractivity contribution in [3.8, 4) is 18.2 Å². The number of hydrogen-bond acceptors (Lipinski definition) is 4. The van der Waals surface area contributed by atoms with Crippen molar-refractivity contribution in [1.29, 1.82) is 15.8 Å². The van der Waals surface area contributed by atoms with Gasteiger partial charge >= 0.3 is 0 Å². The van der Waals surface area contributed by atoms with Gasteiger partial charge in [0.1, 0.15) is 17.7 Å². The van der Waals surface area contributed by atoms with Crippen molar-refractivity contribution in [2.24, 2.45) is 0 Å². The highest BCUT2D eigenvalue weighted by atomic mass is 127. The van der Waals surface area contributed by atoms with E-state index in [1.54, 1.807) is 30.3 Å². The second-order valence-corrected chi connectivity index (χ2v) is 3.89. The molecular formula is C11H5IN4. The summed E-state index contributed by atoms with van der Waals surface area (Å²) in [6, 6.07) is 10.6. The van der Waals surface area contributed by atoms with Crippen molar-refractivity contribution in [1.82, 2.24) is 0 Å². The van der Waals surface area contributed by atoms with Gasteiger partial charge in [-0.2, -0.15) is 15.8 Å². The van der Waals surface area contributed by atoms with Crippen LogP contribution in [0.25, 0.3) is 0 Å². The summed E-state index contributed by atoms with van der Waals surface area (Å²) in [4.78, 5) is 0. The van der Waals surface area contributed by atoms with Gasteiger partial charge in [-0.1, -0.05) is 0 Å². The number of rotatable bonds is 2. The molecule has 0 bridgehead atoms. The van der Waals surface area contributed by atoms with Crippen LogP contribution in [0.1, 0.15) is 5.56 Å². The molecule has 1 aromatic carbocycles. The van der Waals surface area contributed by atoms with Crippen molar-refractivity contribution in [3.63, 3.8) is 0 Å². The average Bonchev–Trinajstić information content (AvgIpc) is 2.32. The molecule has 0 spiro atoms. The maximum atomic E-state index is 8.68. The molecule has 0 heterocycles. The number of nitrogens with one attached hydrogen (secondary N) is 1. The lowest BCUT2D eigenvalue weighted by molar-refractivity contribution is 1.43. The Kier molecular flexibility index (Phi) is 4.32. The minimum Gasteiger partial charge on any atom is -0.359 e. The zero-order valence-corrected chi connectivity index (χ0v) is 10.2. The molecule has 0 saturated heterocycles. The number of nitriles is 3. The number of anilines is 1. The maximum absolute atomic E-state index is 8.68. The Morgan fingerprint density at radius 2 is 1.94 bits per heavy atom. The lowest BCUT2D eigenvalue weighted by Crippen LogP contribution is -1.93. The normalized spacial score (nSPS) is 8.12. The molecule has 4 nitrogen and oxygen atoms in total. The SMILES string of the molecule is N#CC(C#N)=CNc1ccc(C#N)cc1I. The van der Waals surface area contributed by atoms with Gasteiger partial charge in [-0.3, -0.25) is 0 Å². The van der Waals surface area contributed by atoms with Crippen LogP contribution >= 0.6 is 22.6 Å². The van der Waals surface area contributed by atoms with E-state index in [0.717, 1.165) is 9.26 Å². The van der Waals surface area contributed by atoms with E-state index in [1.807, 2.05) is 6.07 Å². The monoisotopic (exact) mass is 320 g/mol. The van der Waals surface area contributed by atoms with Crippen molar-refractivity contribution >= 4 is 28.3 Å². The Morgan fingerprint density at radius 3 is 2.44 bits per heavy atom. The van der Waals surface area contributed by atoms with Gasteiger partial charge in [-0.25, -0.2) is 0 Å². The first-order valence-electron chi connectivity index (χ1n) is 4.18. The number of halogens is 1. The Morgan fingerprint density at radius 1 is 1.25 bits per heavy atom. The quantitative estimate of drug-likeness (QED) is 0.670. The summed E-state index contributed by atoms with van der Waals surface area (Å²) in [6.45, 7) is 0. The summed E-state index contributed by atoms with van der Waals surface area (Å²) in [5.74, 6) is 0. The molecule has 1 rings (SSSR count). The van der Waals surface area contributed by atoms with E-state index in [4.69, 9.17) is 15.8 Å². The molecule has 1 N–H and O–H groups in total. The van der Waals surface area contributed by atoms with Crippen LogP contribution in [0.3, 0.4) is 0 Å². The van der Waals surface area contributed by atoms with E-state index in [2.05, 4.69) is 27.9 Å². The molecule has 16 heavy (non-hydrogen) atoms. The third-order valence-electron chi connectivity index (χ3n) is 1.71. The minimum absolute atomic E-state index is 0.000148. The van der Waals surface area contributed by atoms with Crippen LogP contribution in [0.2, 0.25) is 0 Å². The zero-order chi connectivity index (χ0) is 12.0. The smallest absolute Gasteiger partial charge is 0.145 e. The lowest BCUT2D eigenvalue weighted by Gasteiger charge is -2.03. The zero-order valence-electron chi connectivity index (χ0n) is 8.03. The van der Waals surface area contributed by atoms with Crippen molar-refractivity contribution in [3.05, 3.63) is 39.1 Å². The first-order chi connectivity index (χ1) is 7.71. The number of hydrogen-bond donors (Lipinski definition) is 1. The Hall–Kier alpha value is -2.04. The first-order valence-corrected chi connectivity index (χ1v) is 5.25. The maximum Gasteiger partial charge on any atom is 0.145 e. The molecule has 0 aliphatic carbocycles. The fourth-order valence-electron chi connectivity index (χ4n) is 0.941. The average molecular weight is 320 g/mol. The summed E-state index contributed by atoms with van der Waals surface area (Å²) < 4.78 is 0.850. The van der Waals surface area contributed by atoms with Gasteiger partial charge in [0.15, 0.2) is 0 Å². The van der Waals surface area contributed by atoms with Crippen LogP contribution in [0.4, 0.5) is 5.69 Å². The Bertz CT molecular complexity index is 539. The predicted octanol–water partition coefficient (Wildman–Crippen LogP) is 2.51. The van der Waals surface area contributed by atoms with E-state index >= 15 is 0 Å². The summed E-state index contributed by atoms with van der Waals surface area (Å²) in [6.07, 6.45) is 1.34. The summed E-state index contributed by atoms with van der Waals surface area (Å²) in [7, 11) is 0. The number of benzene rings is 1. The lowest BCUT2D eigenvalue weighted by atomic mass is 10.2. The highest BCUT2D eigenvalue weighted by Gasteiger charge is 2.00. The van der Waals surface area contributed by atoms with Crippen LogP contribution in [0.5, 0.6) is 0 Å². The van der Waals surface area contributed by atoms with Crippen LogP contribution in [0.15, 0.2) is 30.0 Å². The molecule has 0 atom stereocenters. The molecule has 1 aromatic rings. The van der Waals surface area contributed by atoms with Crippen molar-refractivity contribution < 1.29 is 0 Å². The topological polar surface area (TPSA) is 83.4 Å². The first kappa shape index (κ1) is 12.0.